The molecule has 0 unspecified atom stereocenters. The molecule has 108 valence electrons. The van der Waals surface area contributed by atoms with Crippen molar-refractivity contribution in [1.82, 2.24) is 5.32 Å². The maximum atomic E-state index is 10.6. The molecule has 1 amide bonds. The highest BCUT2D eigenvalue weighted by Gasteiger charge is 2.16. The van der Waals surface area contributed by atoms with Gasteiger partial charge in [0.1, 0.15) is 12.4 Å². The average Bonchev–Trinajstić information content (AvgIpc) is 2.37. The molecule has 20 heavy (non-hydrogen) atoms. The summed E-state index contributed by atoms with van der Waals surface area (Å²) in [6.45, 7) is 4.44. The van der Waals surface area contributed by atoms with Gasteiger partial charge in [-0.15, -0.1) is 0 Å². The highest BCUT2D eigenvalue weighted by molar-refractivity contribution is 5.66. The fraction of sp³-hybridized carbons (Fsp3) is 0.400. The van der Waals surface area contributed by atoms with E-state index < -0.39 is 11.6 Å². The Kier molecular flexibility index (Phi) is 5.88. The molecule has 5 nitrogen and oxygen atoms in total. The van der Waals surface area contributed by atoms with Crippen molar-refractivity contribution in [2.45, 2.75) is 19.4 Å². The highest BCUT2D eigenvalue weighted by Crippen LogP contribution is 2.11. The maximum Gasteiger partial charge on any atom is 0.405 e. The quantitative estimate of drug-likeness (QED) is 0.639. The maximum absolute atomic E-state index is 10.6. The molecule has 0 saturated carbocycles. The monoisotopic (exact) mass is 277 g/mol. The van der Waals surface area contributed by atoms with E-state index in [1.54, 1.807) is 21.0 Å². The summed E-state index contributed by atoms with van der Waals surface area (Å²) in [7, 11) is 1.62. The van der Waals surface area contributed by atoms with Crippen LogP contribution in [0.1, 0.15) is 19.4 Å². The topological polar surface area (TPSA) is 67.8 Å². The molecule has 0 spiro atoms. The second-order valence-corrected chi connectivity index (χ2v) is 4.67. The summed E-state index contributed by atoms with van der Waals surface area (Å²) in [4.78, 5) is 10.6. The van der Waals surface area contributed by atoms with Crippen molar-refractivity contribution < 1.29 is 19.4 Å². The minimum Gasteiger partial charge on any atom is -0.491 e. The van der Waals surface area contributed by atoms with E-state index in [1.165, 1.54) is 0 Å². The number of amides is 1. The van der Waals surface area contributed by atoms with E-state index in [-0.39, 0.29) is 0 Å². The first kappa shape index (κ1) is 15.9. The largest absolute Gasteiger partial charge is 0.491 e. The molecule has 1 rings (SSSR count). The number of rotatable bonds is 5. The van der Waals surface area contributed by atoms with E-state index in [0.717, 1.165) is 11.3 Å². The van der Waals surface area contributed by atoms with Gasteiger partial charge in [0.15, 0.2) is 0 Å². The summed E-state index contributed by atoms with van der Waals surface area (Å²) in [6.07, 6.45) is -1.09. The molecule has 5 heteroatoms. The van der Waals surface area contributed by atoms with Gasteiger partial charge >= 0.3 is 6.09 Å². The second kappa shape index (κ2) is 7.41. The Balaban J connectivity index is 2.63. The van der Waals surface area contributed by atoms with Crippen LogP contribution < -0.4 is 10.1 Å². The number of ether oxygens (including phenoxy) is 2. The SMILES string of the molecule is COCCOc1ccc(C#CC(C)(C)NC(=O)O)cc1. The van der Waals surface area contributed by atoms with Crippen molar-refractivity contribution in [2.75, 3.05) is 20.3 Å². The normalized spacial score (nSPS) is 10.3. The Bertz CT molecular complexity index is 497. The first-order chi connectivity index (χ1) is 9.43. The van der Waals surface area contributed by atoms with E-state index in [0.29, 0.717) is 13.2 Å². The van der Waals surface area contributed by atoms with Gasteiger partial charge in [0.2, 0.25) is 0 Å². The lowest BCUT2D eigenvalue weighted by Gasteiger charge is -2.16. The first-order valence-corrected chi connectivity index (χ1v) is 6.19. The molecular formula is C15H19NO4. The van der Waals surface area contributed by atoms with Gasteiger partial charge in [0.05, 0.1) is 12.1 Å². The lowest BCUT2D eigenvalue weighted by molar-refractivity contribution is 0.146. The van der Waals surface area contributed by atoms with E-state index in [4.69, 9.17) is 14.6 Å². The Labute approximate surface area is 118 Å². The zero-order valence-corrected chi connectivity index (χ0v) is 11.9. The van der Waals surface area contributed by atoms with Crippen LogP contribution in [0.15, 0.2) is 24.3 Å². The summed E-state index contributed by atoms with van der Waals surface area (Å²) < 4.78 is 10.3. The number of hydrogen-bond donors (Lipinski definition) is 2. The van der Waals surface area contributed by atoms with Crippen LogP contribution in [-0.2, 0) is 4.74 Å². The molecule has 0 aliphatic carbocycles. The summed E-state index contributed by atoms with van der Waals surface area (Å²) in [6, 6.07) is 7.28. The van der Waals surface area contributed by atoms with Gasteiger partial charge < -0.3 is 19.9 Å². The standard InChI is InChI=1S/C15H19NO4/c1-15(2,16-14(17)18)9-8-12-4-6-13(7-5-12)20-11-10-19-3/h4-7,16H,10-11H2,1-3H3,(H,17,18). The zero-order chi connectivity index (χ0) is 15.0. The number of nitrogens with one attached hydrogen (secondary N) is 1. The molecule has 0 aromatic heterocycles. The third kappa shape index (κ3) is 6.12. The van der Waals surface area contributed by atoms with Crippen molar-refractivity contribution in [2.24, 2.45) is 0 Å². The number of methoxy groups -OCH3 is 1. The lowest BCUT2D eigenvalue weighted by atomic mass is 10.1. The Morgan fingerprint density at radius 1 is 1.30 bits per heavy atom. The fourth-order valence-corrected chi connectivity index (χ4v) is 1.40. The van der Waals surface area contributed by atoms with Crippen LogP contribution in [0.2, 0.25) is 0 Å². The van der Waals surface area contributed by atoms with Gasteiger partial charge in [-0.1, -0.05) is 11.8 Å². The van der Waals surface area contributed by atoms with Crippen LogP contribution in [0.5, 0.6) is 5.75 Å². The summed E-state index contributed by atoms with van der Waals surface area (Å²) in [5.41, 5.74) is 0.00351. The van der Waals surface area contributed by atoms with Crippen LogP contribution in [0.25, 0.3) is 0 Å². The van der Waals surface area contributed by atoms with Crippen molar-refractivity contribution in [3.05, 3.63) is 29.8 Å². The van der Waals surface area contributed by atoms with Crippen molar-refractivity contribution in [3.63, 3.8) is 0 Å². The molecule has 0 aliphatic heterocycles. The Morgan fingerprint density at radius 2 is 1.95 bits per heavy atom. The van der Waals surface area contributed by atoms with Crippen molar-refractivity contribution >= 4 is 6.09 Å². The third-order valence-corrected chi connectivity index (χ3v) is 2.35. The highest BCUT2D eigenvalue weighted by atomic mass is 16.5. The Morgan fingerprint density at radius 3 is 2.50 bits per heavy atom. The molecule has 0 fully saturated rings. The van der Waals surface area contributed by atoms with E-state index in [9.17, 15) is 4.79 Å². The third-order valence-electron chi connectivity index (χ3n) is 2.35. The minimum absolute atomic E-state index is 0.497. The van der Waals surface area contributed by atoms with Crippen molar-refractivity contribution in [3.8, 4) is 17.6 Å². The smallest absolute Gasteiger partial charge is 0.405 e. The summed E-state index contributed by atoms with van der Waals surface area (Å²) in [5, 5.41) is 11.0. The van der Waals surface area contributed by atoms with Crippen LogP contribution in [-0.4, -0.2) is 37.1 Å². The first-order valence-electron chi connectivity index (χ1n) is 6.19. The summed E-state index contributed by atoms with van der Waals surface area (Å²) >= 11 is 0. The number of hydrogen-bond acceptors (Lipinski definition) is 3. The van der Waals surface area contributed by atoms with Gasteiger partial charge in [-0.3, -0.25) is 0 Å². The van der Waals surface area contributed by atoms with E-state index in [1.807, 2.05) is 24.3 Å². The molecule has 0 saturated heterocycles. The van der Waals surface area contributed by atoms with Gasteiger partial charge in [0, 0.05) is 12.7 Å². The molecule has 1 aromatic rings. The predicted octanol–water partition coefficient (Wildman–Crippen LogP) is 2.11. The van der Waals surface area contributed by atoms with Gasteiger partial charge in [-0.05, 0) is 38.1 Å². The molecular weight excluding hydrogens is 258 g/mol. The van der Waals surface area contributed by atoms with Gasteiger partial charge in [-0.2, -0.15) is 0 Å². The molecule has 0 bridgehead atoms. The molecule has 1 aromatic carbocycles. The molecule has 0 aliphatic rings. The average molecular weight is 277 g/mol. The lowest BCUT2D eigenvalue weighted by Crippen LogP contribution is -2.41. The Hall–Kier alpha value is -2.19. The van der Waals surface area contributed by atoms with Crippen LogP contribution in [0.4, 0.5) is 4.79 Å². The fourth-order valence-electron chi connectivity index (χ4n) is 1.40. The summed E-state index contributed by atoms with van der Waals surface area (Å²) in [5.74, 6) is 6.55. The van der Waals surface area contributed by atoms with Crippen LogP contribution in [0.3, 0.4) is 0 Å². The molecule has 0 heterocycles. The number of benzene rings is 1. The van der Waals surface area contributed by atoms with Crippen LogP contribution in [0, 0.1) is 11.8 Å². The van der Waals surface area contributed by atoms with Gasteiger partial charge in [-0.25, -0.2) is 4.79 Å². The minimum atomic E-state index is -1.09. The zero-order valence-electron chi connectivity index (χ0n) is 11.9. The van der Waals surface area contributed by atoms with Crippen molar-refractivity contribution in [1.29, 1.82) is 0 Å². The molecule has 2 N–H and O–H groups in total. The van der Waals surface area contributed by atoms with Gasteiger partial charge in [0.25, 0.3) is 0 Å². The van der Waals surface area contributed by atoms with E-state index in [2.05, 4.69) is 17.2 Å². The number of carbonyl (C=O) groups is 1. The van der Waals surface area contributed by atoms with Crippen LogP contribution >= 0.6 is 0 Å². The second-order valence-electron chi connectivity index (χ2n) is 4.67. The predicted molar refractivity (Wildman–Crippen MR) is 75.9 cm³/mol. The molecule has 0 radical (unpaired) electrons. The van der Waals surface area contributed by atoms with E-state index >= 15 is 0 Å². The molecule has 0 atom stereocenters. The number of carboxylic acid groups (broad SMARTS) is 1.